The van der Waals surface area contributed by atoms with Crippen LogP contribution in [0.4, 0.5) is 23.2 Å². The molecule has 7 nitrogen and oxygen atoms in total. The molecule has 1 aromatic carbocycles. The summed E-state index contributed by atoms with van der Waals surface area (Å²) in [6, 6.07) is 7.43. The SMILES string of the molecule is Cc1ccc(F)cc1NC(=O)c1nc2nc(-c3ccco3)cc(C(F)(F)F)n2n1. The summed E-state index contributed by atoms with van der Waals surface area (Å²) in [5, 5.41) is 6.02. The summed E-state index contributed by atoms with van der Waals surface area (Å²) in [6.07, 6.45) is -3.50. The number of alkyl halides is 3. The van der Waals surface area contributed by atoms with E-state index in [2.05, 4.69) is 20.4 Å². The lowest BCUT2D eigenvalue weighted by atomic mass is 10.2. The number of benzene rings is 1. The molecule has 0 fully saturated rings. The molecule has 0 saturated carbocycles. The number of furan rings is 1. The van der Waals surface area contributed by atoms with E-state index in [1.54, 1.807) is 6.92 Å². The molecule has 1 amide bonds. The summed E-state index contributed by atoms with van der Waals surface area (Å²) in [5.41, 5.74) is -0.593. The van der Waals surface area contributed by atoms with Crippen molar-refractivity contribution in [1.82, 2.24) is 19.6 Å². The molecule has 4 rings (SSSR count). The van der Waals surface area contributed by atoms with Gasteiger partial charge in [-0.1, -0.05) is 6.07 Å². The molecule has 0 radical (unpaired) electrons. The first-order chi connectivity index (χ1) is 13.7. The summed E-state index contributed by atoms with van der Waals surface area (Å²) in [4.78, 5) is 20.2. The van der Waals surface area contributed by atoms with Crippen molar-refractivity contribution in [1.29, 1.82) is 0 Å². The van der Waals surface area contributed by atoms with E-state index in [9.17, 15) is 22.4 Å². The fourth-order valence-corrected chi connectivity index (χ4v) is 2.62. The number of nitrogens with one attached hydrogen (secondary N) is 1. The van der Waals surface area contributed by atoms with Gasteiger partial charge in [0.2, 0.25) is 5.82 Å². The highest BCUT2D eigenvalue weighted by Gasteiger charge is 2.36. The number of hydrogen-bond acceptors (Lipinski definition) is 5. The number of hydrogen-bond donors (Lipinski definition) is 1. The van der Waals surface area contributed by atoms with Crippen LogP contribution in [0.5, 0.6) is 0 Å². The minimum atomic E-state index is -4.79. The number of fused-ring (bicyclic) bond motifs is 1. The molecule has 0 spiro atoms. The fraction of sp³-hybridized carbons (Fsp3) is 0.111. The maximum absolute atomic E-state index is 13.5. The minimum Gasteiger partial charge on any atom is -0.463 e. The number of aromatic nitrogens is 4. The lowest BCUT2D eigenvalue weighted by molar-refractivity contribution is -0.142. The summed E-state index contributed by atoms with van der Waals surface area (Å²) in [6.45, 7) is 1.63. The third-order valence-corrected chi connectivity index (χ3v) is 4.03. The number of amides is 1. The Labute approximate surface area is 160 Å². The van der Waals surface area contributed by atoms with Gasteiger partial charge in [-0.05, 0) is 42.8 Å². The number of aryl methyl sites for hydroxylation is 1. The summed E-state index contributed by atoms with van der Waals surface area (Å²) < 4.78 is 59.4. The maximum atomic E-state index is 13.5. The molecule has 3 aromatic heterocycles. The van der Waals surface area contributed by atoms with E-state index >= 15 is 0 Å². The van der Waals surface area contributed by atoms with Crippen molar-refractivity contribution in [2.45, 2.75) is 13.1 Å². The number of rotatable bonds is 3. The van der Waals surface area contributed by atoms with Crippen molar-refractivity contribution >= 4 is 17.4 Å². The lowest BCUT2D eigenvalue weighted by Gasteiger charge is -2.09. The molecule has 4 aromatic rings. The number of nitrogens with zero attached hydrogens (tertiary/aromatic N) is 4. The van der Waals surface area contributed by atoms with Gasteiger partial charge in [0.15, 0.2) is 11.5 Å². The molecule has 0 saturated heterocycles. The highest BCUT2D eigenvalue weighted by molar-refractivity contribution is 6.02. The molecular weight excluding hydrogens is 394 g/mol. The molecule has 29 heavy (non-hydrogen) atoms. The summed E-state index contributed by atoms with van der Waals surface area (Å²) in [7, 11) is 0. The predicted octanol–water partition coefficient (Wildman–Crippen LogP) is 4.10. The van der Waals surface area contributed by atoms with Crippen molar-refractivity contribution in [3.63, 3.8) is 0 Å². The molecule has 11 heteroatoms. The van der Waals surface area contributed by atoms with Gasteiger partial charge in [0.05, 0.1) is 6.26 Å². The largest absolute Gasteiger partial charge is 0.463 e. The molecule has 148 valence electrons. The van der Waals surface area contributed by atoms with Crippen molar-refractivity contribution in [2.75, 3.05) is 5.32 Å². The standard InChI is InChI=1S/C18H11F4N5O2/c1-9-4-5-10(19)7-11(9)23-16(28)15-25-17-24-12(13-3-2-6-29-13)8-14(18(20,21)22)27(17)26-15/h2-8H,1H3,(H,23,28). The summed E-state index contributed by atoms with van der Waals surface area (Å²) >= 11 is 0. The Balaban J connectivity index is 1.78. The summed E-state index contributed by atoms with van der Waals surface area (Å²) in [5.74, 6) is -2.38. The normalized spacial score (nSPS) is 11.8. The van der Waals surface area contributed by atoms with Crippen LogP contribution in [0.1, 0.15) is 21.9 Å². The van der Waals surface area contributed by atoms with Gasteiger partial charge in [-0.2, -0.15) is 22.7 Å². The molecule has 0 atom stereocenters. The lowest BCUT2D eigenvalue weighted by Crippen LogP contribution is -2.16. The molecule has 0 aliphatic heterocycles. The van der Waals surface area contributed by atoms with Crippen molar-refractivity contribution in [2.24, 2.45) is 0 Å². The van der Waals surface area contributed by atoms with E-state index in [4.69, 9.17) is 4.42 Å². The Bertz CT molecular complexity index is 1220. The first-order valence-corrected chi connectivity index (χ1v) is 8.19. The minimum absolute atomic E-state index is 0.0994. The molecule has 0 bridgehead atoms. The van der Waals surface area contributed by atoms with Gasteiger partial charge in [0, 0.05) is 5.69 Å². The number of anilines is 1. The van der Waals surface area contributed by atoms with E-state index in [0.717, 1.165) is 12.1 Å². The molecule has 0 aliphatic carbocycles. The van der Waals surface area contributed by atoms with Gasteiger partial charge in [0.25, 0.3) is 11.7 Å². The number of carbonyl (C=O) groups is 1. The topological polar surface area (TPSA) is 85.3 Å². The Morgan fingerprint density at radius 1 is 1.17 bits per heavy atom. The van der Waals surface area contributed by atoms with Crippen LogP contribution in [0, 0.1) is 12.7 Å². The van der Waals surface area contributed by atoms with Gasteiger partial charge in [-0.15, -0.1) is 5.10 Å². The smallest absolute Gasteiger partial charge is 0.433 e. The average molecular weight is 405 g/mol. The third-order valence-electron chi connectivity index (χ3n) is 4.03. The van der Waals surface area contributed by atoms with Crippen LogP contribution >= 0.6 is 0 Å². The van der Waals surface area contributed by atoms with Crippen LogP contribution in [-0.4, -0.2) is 25.5 Å². The zero-order valence-corrected chi connectivity index (χ0v) is 14.7. The second kappa shape index (κ2) is 6.69. The van der Waals surface area contributed by atoms with Crippen LogP contribution in [0.2, 0.25) is 0 Å². The van der Waals surface area contributed by atoms with Crippen LogP contribution < -0.4 is 5.32 Å². The van der Waals surface area contributed by atoms with Crippen LogP contribution in [0.3, 0.4) is 0 Å². The van der Waals surface area contributed by atoms with Gasteiger partial charge in [-0.25, -0.2) is 9.37 Å². The molecule has 1 N–H and O–H groups in total. The fourth-order valence-electron chi connectivity index (χ4n) is 2.62. The third kappa shape index (κ3) is 3.53. The molecule has 0 unspecified atom stereocenters. The predicted molar refractivity (Wildman–Crippen MR) is 92.6 cm³/mol. The van der Waals surface area contributed by atoms with Gasteiger partial charge in [-0.3, -0.25) is 4.79 Å². The van der Waals surface area contributed by atoms with E-state index in [-0.39, 0.29) is 17.1 Å². The monoisotopic (exact) mass is 405 g/mol. The zero-order valence-electron chi connectivity index (χ0n) is 14.7. The Morgan fingerprint density at radius 2 is 1.97 bits per heavy atom. The second-order valence-electron chi connectivity index (χ2n) is 6.06. The second-order valence-corrected chi connectivity index (χ2v) is 6.06. The number of carbonyl (C=O) groups excluding carboxylic acids is 1. The molecule has 0 aliphatic rings. The van der Waals surface area contributed by atoms with E-state index < -0.39 is 35.2 Å². The average Bonchev–Trinajstić information content (AvgIpc) is 3.32. The first-order valence-electron chi connectivity index (χ1n) is 8.19. The van der Waals surface area contributed by atoms with Gasteiger partial charge in [0.1, 0.15) is 11.5 Å². The van der Waals surface area contributed by atoms with Gasteiger partial charge >= 0.3 is 6.18 Å². The van der Waals surface area contributed by atoms with Crippen molar-refractivity contribution in [3.8, 4) is 11.5 Å². The van der Waals surface area contributed by atoms with Gasteiger partial charge < -0.3 is 9.73 Å². The van der Waals surface area contributed by atoms with E-state index in [1.165, 1.54) is 30.5 Å². The maximum Gasteiger partial charge on any atom is 0.433 e. The van der Waals surface area contributed by atoms with E-state index in [0.29, 0.717) is 10.1 Å². The highest BCUT2D eigenvalue weighted by Crippen LogP contribution is 2.32. The number of halogens is 4. The Morgan fingerprint density at radius 3 is 2.66 bits per heavy atom. The zero-order chi connectivity index (χ0) is 20.8. The van der Waals surface area contributed by atoms with Crippen LogP contribution in [0.25, 0.3) is 17.2 Å². The first kappa shape index (κ1) is 18.6. The Hall–Kier alpha value is -3.76. The Kier molecular flexibility index (Phi) is 4.29. The quantitative estimate of drug-likeness (QED) is 0.519. The van der Waals surface area contributed by atoms with Crippen LogP contribution in [0.15, 0.2) is 47.1 Å². The molecule has 3 heterocycles. The molecular formula is C18H11F4N5O2. The van der Waals surface area contributed by atoms with Crippen molar-refractivity contribution < 1.29 is 26.8 Å². The van der Waals surface area contributed by atoms with E-state index in [1.807, 2.05) is 0 Å². The van der Waals surface area contributed by atoms with Crippen LogP contribution in [-0.2, 0) is 6.18 Å². The van der Waals surface area contributed by atoms with Crippen molar-refractivity contribution in [3.05, 3.63) is 65.6 Å². The highest BCUT2D eigenvalue weighted by atomic mass is 19.4.